The van der Waals surface area contributed by atoms with Crippen molar-refractivity contribution < 1.29 is 9.47 Å². The molecule has 0 heterocycles. The maximum Gasteiger partial charge on any atom is 0.126 e. The van der Waals surface area contributed by atoms with E-state index in [1.165, 1.54) is 11.5 Å². The Kier molecular flexibility index (Phi) is 6.32. The van der Waals surface area contributed by atoms with Crippen LogP contribution in [0.5, 0.6) is 11.5 Å². The fourth-order valence-corrected chi connectivity index (χ4v) is 2.76. The number of rotatable bonds is 8. The minimum Gasteiger partial charge on any atom is -0.489 e. The molecule has 0 bridgehead atoms. The molecular weight excluding hydrogens is 320 g/mol. The predicted molar refractivity (Wildman–Crippen MR) is 106 cm³/mol. The molecule has 0 aliphatic rings. The van der Waals surface area contributed by atoms with Crippen LogP contribution in [0.4, 0.5) is 0 Å². The molecule has 0 spiro atoms. The Morgan fingerprint density at radius 3 is 1.85 bits per heavy atom. The van der Waals surface area contributed by atoms with Gasteiger partial charge < -0.3 is 9.47 Å². The van der Waals surface area contributed by atoms with E-state index < -0.39 is 0 Å². The van der Waals surface area contributed by atoms with E-state index in [9.17, 15) is 0 Å². The summed E-state index contributed by atoms with van der Waals surface area (Å²) in [5, 5.41) is 0. The highest BCUT2D eigenvalue weighted by Crippen LogP contribution is 2.28. The van der Waals surface area contributed by atoms with Crippen molar-refractivity contribution in [3.8, 4) is 11.5 Å². The van der Waals surface area contributed by atoms with Gasteiger partial charge in [-0.1, -0.05) is 80.6 Å². The quantitative estimate of drug-likeness (QED) is 0.498. The summed E-state index contributed by atoms with van der Waals surface area (Å²) in [5.41, 5.74) is 3.50. The fourth-order valence-electron chi connectivity index (χ4n) is 2.76. The summed E-state index contributed by atoms with van der Waals surface area (Å²) in [7, 11) is 0. The van der Waals surface area contributed by atoms with E-state index in [1.807, 2.05) is 48.5 Å². The van der Waals surface area contributed by atoms with E-state index in [4.69, 9.17) is 9.47 Å². The minimum atomic E-state index is 0.553. The molecule has 0 N–H and O–H groups in total. The van der Waals surface area contributed by atoms with Gasteiger partial charge >= 0.3 is 0 Å². The summed E-state index contributed by atoms with van der Waals surface area (Å²) in [6, 6.07) is 26.6. The average Bonchev–Trinajstić information content (AvgIpc) is 2.67. The van der Waals surface area contributed by atoms with E-state index in [0.717, 1.165) is 29.0 Å². The van der Waals surface area contributed by atoms with Crippen LogP contribution in [0, 0.1) is 5.92 Å². The highest BCUT2D eigenvalue weighted by molar-refractivity contribution is 5.42. The third-order valence-electron chi connectivity index (χ3n) is 4.07. The van der Waals surface area contributed by atoms with Crippen molar-refractivity contribution in [2.24, 2.45) is 0 Å². The average molecular weight is 345 g/mol. The first-order valence-electron chi connectivity index (χ1n) is 8.96. The van der Waals surface area contributed by atoms with Gasteiger partial charge in [0.15, 0.2) is 0 Å². The maximum absolute atomic E-state index is 6.12. The predicted octanol–water partition coefficient (Wildman–Crippen LogP) is 6.00. The molecule has 0 saturated heterocycles. The van der Waals surface area contributed by atoms with Gasteiger partial charge in [-0.15, -0.1) is 0 Å². The first kappa shape index (κ1) is 18.1. The monoisotopic (exact) mass is 345 g/mol. The molecule has 2 nitrogen and oxygen atoms in total. The van der Waals surface area contributed by atoms with Crippen LogP contribution in [0.15, 0.2) is 78.9 Å². The van der Waals surface area contributed by atoms with E-state index in [1.54, 1.807) is 0 Å². The molecule has 0 atom stereocenters. The van der Waals surface area contributed by atoms with Gasteiger partial charge in [0.05, 0.1) is 0 Å². The summed E-state index contributed by atoms with van der Waals surface area (Å²) in [5.74, 6) is 3.07. The van der Waals surface area contributed by atoms with Gasteiger partial charge in [0.2, 0.25) is 0 Å². The largest absolute Gasteiger partial charge is 0.489 e. The standard InChI is InChI=1S/C24H25O2/c1-19(2)15-22-13-14-23(25-17-20-9-5-3-6-10-20)16-24(22)26-18-21-11-7-4-8-12-21/h3-14,16H,15,17-18H2,1-2H3. The Bertz CT molecular complexity index is 795. The Labute approximate surface area is 156 Å². The molecule has 0 aliphatic carbocycles. The van der Waals surface area contributed by atoms with Crippen LogP contribution in [-0.4, -0.2) is 0 Å². The SMILES string of the molecule is C[C](C)Cc1ccc(OCc2ccccc2)cc1OCc1ccccc1. The van der Waals surface area contributed by atoms with Crippen LogP contribution in [0.3, 0.4) is 0 Å². The molecule has 3 rings (SSSR count). The van der Waals surface area contributed by atoms with Gasteiger partial charge in [-0.25, -0.2) is 0 Å². The Balaban J connectivity index is 1.72. The Morgan fingerprint density at radius 2 is 1.27 bits per heavy atom. The van der Waals surface area contributed by atoms with Gasteiger partial charge in [0, 0.05) is 6.07 Å². The summed E-state index contributed by atoms with van der Waals surface area (Å²) >= 11 is 0. The minimum absolute atomic E-state index is 0.553. The Morgan fingerprint density at radius 1 is 0.692 bits per heavy atom. The summed E-state index contributed by atoms with van der Waals surface area (Å²) in [6.07, 6.45) is 0.906. The zero-order valence-electron chi connectivity index (χ0n) is 15.4. The van der Waals surface area contributed by atoms with Crippen LogP contribution in [0.1, 0.15) is 30.5 Å². The summed E-state index contributed by atoms with van der Waals surface area (Å²) < 4.78 is 12.1. The van der Waals surface area contributed by atoms with Gasteiger partial charge in [-0.3, -0.25) is 0 Å². The fraction of sp³-hybridized carbons (Fsp3) is 0.208. The summed E-state index contributed by atoms with van der Waals surface area (Å²) in [4.78, 5) is 0. The van der Waals surface area contributed by atoms with Gasteiger partial charge in [-0.05, 0) is 35.1 Å². The van der Waals surface area contributed by atoms with Crippen LogP contribution >= 0.6 is 0 Å². The van der Waals surface area contributed by atoms with E-state index >= 15 is 0 Å². The molecule has 0 unspecified atom stereocenters. The lowest BCUT2D eigenvalue weighted by atomic mass is 10.0. The van der Waals surface area contributed by atoms with Crippen molar-refractivity contribution >= 4 is 0 Å². The molecule has 0 amide bonds. The number of hydrogen-bond donors (Lipinski definition) is 0. The molecular formula is C24H25O2. The first-order chi connectivity index (χ1) is 12.7. The molecule has 0 aromatic heterocycles. The lowest BCUT2D eigenvalue weighted by molar-refractivity contribution is 0.288. The first-order valence-corrected chi connectivity index (χ1v) is 8.96. The zero-order valence-corrected chi connectivity index (χ0v) is 15.4. The molecule has 0 saturated carbocycles. The summed E-state index contributed by atoms with van der Waals surface area (Å²) in [6.45, 7) is 5.39. The number of hydrogen-bond acceptors (Lipinski definition) is 2. The smallest absolute Gasteiger partial charge is 0.126 e. The molecule has 133 valence electrons. The lowest BCUT2D eigenvalue weighted by Gasteiger charge is -2.15. The number of benzene rings is 3. The second kappa shape index (κ2) is 9.10. The van der Waals surface area contributed by atoms with Gasteiger partial charge in [0.25, 0.3) is 0 Å². The van der Waals surface area contributed by atoms with Crippen LogP contribution in [0.2, 0.25) is 0 Å². The Hall–Kier alpha value is -2.74. The zero-order chi connectivity index (χ0) is 18.2. The topological polar surface area (TPSA) is 18.5 Å². The highest BCUT2D eigenvalue weighted by atomic mass is 16.5. The van der Waals surface area contributed by atoms with Crippen molar-refractivity contribution in [3.05, 3.63) is 101 Å². The van der Waals surface area contributed by atoms with Crippen molar-refractivity contribution in [3.63, 3.8) is 0 Å². The second-order valence-corrected chi connectivity index (χ2v) is 6.70. The molecule has 1 radical (unpaired) electrons. The van der Waals surface area contributed by atoms with E-state index in [0.29, 0.717) is 13.2 Å². The van der Waals surface area contributed by atoms with Crippen molar-refractivity contribution in [1.82, 2.24) is 0 Å². The molecule has 3 aromatic rings. The third-order valence-corrected chi connectivity index (χ3v) is 4.07. The van der Waals surface area contributed by atoms with Gasteiger partial charge in [0.1, 0.15) is 24.7 Å². The van der Waals surface area contributed by atoms with Crippen molar-refractivity contribution in [2.75, 3.05) is 0 Å². The van der Waals surface area contributed by atoms with Gasteiger partial charge in [-0.2, -0.15) is 0 Å². The lowest BCUT2D eigenvalue weighted by Crippen LogP contribution is -2.02. The third kappa shape index (κ3) is 5.38. The maximum atomic E-state index is 6.12. The molecule has 0 fully saturated rings. The normalized spacial score (nSPS) is 10.7. The second-order valence-electron chi connectivity index (χ2n) is 6.70. The van der Waals surface area contributed by atoms with Crippen molar-refractivity contribution in [1.29, 1.82) is 0 Å². The molecule has 2 heteroatoms. The van der Waals surface area contributed by atoms with Crippen molar-refractivity contribution in [2.45, 2.75) is 33.5 Å². The van der Waals surface area contributed by atoms with Crippen LogP contribution in [0.25, 0.3) is 0 Å². The van der Waals surface area contributed by atoms with E-state index in [-0.39, 0.29) is 0 Å². The number of ether oxygens (including phenoxy) is 2. The highest BCUT2D eigenvalue weighted by Gasteiger charge is 2.09. The molecule has 0 aliphatic heterocycles. The molecule has 26 heavy (non-hydrogen) atoms. The molecule has 3 aromatic carbocycles. The van der Waals surface area contributed by atoms with E-state index in [2.05, 4.69) is 44.2 Å². The van der Waals surface area contributed by atoms with Crippen LogP contribution < -0.4 is 9.47 Å². The van der Waals surface area contributed by atoms with Crippen LogP contribution in [-0.2, 0) is 19.6 Å².